The van der Waals surface area contributed by atoms with E-state index in [1.165, 1.54) is 15.2 Å². The Balaban J connectivity index is 2.11. The first-order valence-electron chi connectivity index (χ1n) is 5.50. The Morgan fingerprint density at radius 2 is 2.00 bits per heavy atom. The van der Waals surface area contributed by atoms with Crippen molar-refractivity contribution in [2.75, 3.05) is 5.32 Å². The van der Waals surface area contributed by atoms with E-state index >= 15 is 0 Å². The molecule has 0 saturated carbocycles. The lowest BCUT2D eigenvalue weighted by atomic mass is 10.2. The van der Waals surface area contributed by atoms with Crippen molar-refractivity contribution in [3.63, 3.8) is 0 Å². The molecule has 0 aliphatic carbocycles. The largest absolute Gasteiger partial charge is 0.381 e. The van der Waals surface area contributed by atoms with Gasteiger partial charge in [-0.05, 0) is 65.4 Å². The molecule has 94 valence electrons. The molecule has 18 heavy (non-hydrogen) atoms. The molecule has 1 N–H and O–H groups in total. The first kappa shape index (κ1) is 13.6. The third-order valence-electron chi connectivity index (χ3n) is 2.66. The van der Waals surface area contributed by atoms with E-state index in [4.69, 9.17) is 11.6 Å². The molecule has 1 nitrogen and oxygen atoms in total. The number of benzene rings is 2. The van der Waals surface area contributed by atoms with Crippen LogP contribution in [-0.2, 0) is 6.54 Å². The quantitative estimate of drug-likeness (QED) is 0.744. The average molecular weight is 376 g/mol. The highest BCUT2D eigenvalue weighted by atomic mass is 127. The number of hydrogen-bond acceptors (Lipinski definition) is 1. The predicted octanol–water partition coefficient (Wildman–Crippen LogP) is 5.00. The van der Waals surface area contributed by atoms with Gasteiger partial charge < -0.3 is 5.32 Å². The fraction of sp³-hybridized carbons (Fsp3) is 0.143. The summed E-state index contributed by atoms with van der Waals surface area (Å²) in [7, 11) is 0. The summed E-state index contributed by atoms with van der Waals surface area (Å²) in [6, 6.07) is 10.6. The van der Waals surface area contributed by atoms with Gasteiger partial charge in [-0.15, -0.1) is 0 Å². The van der Waals surface area contributed by atoms with E-state index in [9.17, 15) is 4.39 Å². The summed E-state index contributed by atoms with van der Waals surface area (Å²) in [4.78, 5) is 0. The summed E-state index contributed by atoms with van der Waals surface area (Å²) >= 11 is 8.13. The minimum Gasteiger partial charge on any atom is -0.381 e. The van der Waals surface area contributed by atoms with E-state index in [0.29, 0.717) is 17.1 Å². The number of aryl methyl sites for hydroxylation is 1. The van der Waals surface area contributed by atoms with Crippen LogP contribution in [0.25, 0.3) is 0 Å². The molecule has 4 heteroatoms. The molecule has 0 spiro atoms. The second-order valence-electron chi connectivity index (χ2n) is 4.05. The Labute approximate surface area is 124 Å². The second-order valence-corrected chi connectivity index (χ2v) is 5.65. The molecule has 0 atom stereocenters. The van der Waals surface area contributed by atoms with Crippen LogP contribution in [0.1, 0.15) is 11.1 Å². The van der Waals surface area contributed by atoms with Gasteiger partial charge in [-0.25, -0.2) is 4.39 Å². The maximum atomic E-state index is 13.5. The lowest BCUT2D eigenvalue weighted by Gasteiger charge is -2.09. The highest BCUT2D eigenvalue weighted by molar-refractivity contribution is 14.1. The van der Waals surface area contributed by atoms with E-state index in [0.717, 1.165) is 5.69 Å². The maximum Gasteiger partial charge on any atom is 0.128 e. The highest BCUT2D eigenvalue weighted by Crippen LogP contribution is 2.19. The average Bonchev–Trinajstić information content (AvgIpc) is 2.34. The molecule has 0 aliphatic heterocycles. The van der Waals surface area contributed by atoms with E-state index in [-0.39, 0.29) is 5.82 Å². The van der Waals surface area contributed by atoms with Crippen LogP contribution in [-0.4, -0.2) is 0 Å². The molecule has 2 aromatic carbocycles. The Bertz CT molecular complexity index is 572. The third kappa shape index (κ3) is 3.36. The Morgan fingerprint density at radius 1 is 1.22 bits per heavy atom. The van der Waals surface area contributed by atoms with E-state index in [1.807, 2.05) is 18.2 Å². The first-order valence-corrected chi connectivity index (χ1v) is 6.96. The molecule has 0 saturated heterocycles. The zero-order chi connectivity index (χ0) is 13.1. The Kier molecular flexibility index (Phi) is 4.45. The van der Waals surface area contributed by atoms with Gasteiger partial charge in [-0.3, -0.25) is 0 Å². The SMILES string of the molecule is Cc1ccc(NCc2cc(Cl)ccc2F)cc1I. The van der Waals surface area contributed by atoms with Crippen molar-refractivity contribution in [1.82, 2.24) is 0 Å². The van der Waals surface area contributed by atoms with Gasteiger partial charge >= 0.3 is 0 Å². The predicted molar refractivity (Wildman–Crippen MR) is 82.6 cm³/mol. The molecule has 0 radical (unpaired) electrons. The monoisotopic (exact) mass is 375 g/mol. The Morgan fingerprint density at radius 3 is 2.72 bits per heavy atom. The van der Waals surface area contributed by atoms with E-state index < -0.39 is 0 Å². The van der Waals surface area contributed by atoms with Gasteiger partial charge in [0.15, 0.2) is 0 Å². The summed E-state index contributed by atoms with van der Waals surface area (Å²) < 4.78 is 14.7. The molecule has 0 heterocycles. The van der Waals surface area contributed by atoms with Crippen LogP contribution in [0.4, 0.5) is 10.1 Å². The van der Waals surface area contributed by atoms with Crippen molar-refractivity contribution in [3.8, 4) is 0 Å². The van der Waals surface area contributed by atoms with Crippen LogP contribution < -0.4 is 5.32 Å². The lowest BCUT2D eigenvalue weighted by Crippen LogP contribution is -2.02. The smallest absolute Gasteiger partial charge is 0.128 e. The van der Waals surface area contributed by atoms with Crippen LogP contribution in [0.2, 0.25) is 5.02 Å². The zero-order valence-electron chi connectivity index (χ0n) is 9.81. The van der Waals surface area contributed by atoms with Gasteiger partial charge in [-0.2, -0.15) is 0 Å². The van der Waals surface area contributed by atoms with E-state index in [2.05, 4.69) is 34.8 Å². The van der Waals surface area contributed by atoms with Gasteiger partial charge in [0, 0.05) is 26.4 Å². The fourth-order valence-corrected chi connectivity index (χ4v) is 2.29. The van der Waals surface area contributed by atoms with Crippen molar-refractivity contribution >= 4 is 39.9 Å². The molecule has 0 unspecified atom stereocenters. The summed E-state index contributed by atoms with van der Waals surface area (Å²) in [5.74, 6) is -0.242. The van der Waals surface area contributed by atoms with Crippen LogP contribution in [0.5, 0.6) is 0 Å². The summed E-state index contributed by atoms with van der Waals surface area (Å²) in [5.41, 5.74) is 2.78. The van der Waals surface area contributed by atoms with Crippen LogP contribution in [0.15, 0.2) is 36.4 Å². The first-order chi connectivity index (χ1) is 8.56. The van der Waals surface area contributed by atoms with Gasteiger partial charge in [0.05, 0.1) is 0 Å². The van der Waals surface area contributed by atoms with Crippen LogP contribution >= 0.6 is 34.2 Å². The number of anilines is 1. The van der Waals surface area contributed by atoms with Crippen molar-refractivity contribution in [2.45, 2.75) is 13.5 Å². The van der Waals surface area contributed by atoms with E-state index in [1.54, 1.807) is 12.1 Å². The number of halogens is 3. The molecule has 2 aromatic rings. The fourth-order valence-electron chi connectivity index (χ4n) is 1.58. The summed E-state index contributed by atoms with van der Waals surface area (Å²) in [6.07, 6.45) is 0. The lowest BCUT2D eigenvalue weighted by molar-refractivity contribution is 0.613. The van der Waals surface area contributed by atoms with Gasteiger partial charge in [-0.1, -0.05) is 17.7 Å². The van der Waals surface area contributed by atoms with Gasteiger partial charge in [0.25, 0.3) is 0 Å². The number of rotatable bonds is 3. The van der Waals surface area contributed by atoms with Crippen molar-refractivity contribution < 1.29 is 4.39 Å². The van der Waals surface area contributed by atoms with Crippen LogP contribution in [0, 0.1) is 16.3 Å². The molecule has 0 aromatic heterocycles. The third-order valence-corrected chi connectivity index (χ3v) is 4.06. The molecular formula is C14H12ClFIN. The van der Waals surface area contributed by atoms with Crippen molar-refractivity contribution in [2.24, 2.45) is 0 Å². The number of hydrogen-bond donors (Lipinski definition) is 1. The molecular weight excluding hydrogens is 364 g/mol. The molecule has 0 fully saturated rings. The standard InChI is InChI=1S/C14H12ClFIN/c1-9-2-4-12(7-14(9)17)18-8-10-6-11(15)3-5-13(10)16/h2-7,18H,8H2,1H3. The van der Waals surface area contributed by atoms with Crippen LogP contribution in [0.3, 0.4) is 0 Å². The van der Waals surface area contributed by atoms with Gasteiger partial charge in [0.1, 0.15) is 5.82 Å². The highest BCUT2D eigenvalue weighted by Gasteiger charge is 2.03. The molecule has 0 bridgehead atoms. The molecule has 2 rings (SSSR count). The number of nitrogens with one attached hydrogen (secondary N) is 1. The molecule has 0 aliphatic rings. The summed E-state index contributed by atoms with van der Waals surface area (Å²) in [6.45, 7) is 2.48. The Hall–Kier alpha value is -0.810. The van der Waals surface area contributed by atoms with Gasteiger partial charge in [0.2, 0.25) is 0 Å². The minimum atomic E-state index is -0.242. The normalized spacial score (nSPS) is 10.4. The molecule has 0 amide bonds. The van der Waals surface area contributed by atoms with Crippen molar-refractivity contribution in [1.29, 1.82) is 0 Å². The second kappa shape index (κ2) is 5.89. The minimum absolute atomic E-state index is 0.242. The maximum absolute atomic E-state index is 13.5. The summed E-state index contributed by atoms with van der Waals surface area (Å²) in [5, 5.41) is 3.74. The van der Waals surface area contributed by atoms with Crippen molar-refractivity contribution in [3.05, 3.63) is 61.9 Å². The topological polar surface area (TPSA) is 12.0 Å². The zero-order valence-corrected chi connectivity index (χ0v) is 12.7.